The first-order valence-corrected chi connectivity index (χ1v) is 28.1. The summed E-state index contributed by atoms with van der Waals surface area (Å²) in [6, 6.07) is 0. The van der Waals surface area contributed by atoms with E-state index in [4.69, 9.17) is 18.9 Å². The molecule has 0 spiro atoms. The summed E-state index contributed by atoms with van der Waals surface area (Å²) in [7, 11) is 5.96. The fraction of sp³-hybridized carbons (Fsp3) is 0.750. The van der Waals surface area contributed by atoms with Crippen LogP contribution in [0.4, 0.5) is 0 Å². The zero-order valence-electron chi connectivity index (χ0n) is 45.2. The summed E-state index contributed by atoms with van der Waals surface area (Å²) >= 11 is 0. The molecular weight excluding hydrogens is 863 g/mol. The molecule has 0 bridgehead atoms. The van der Waals surface area contributed by atoms with E-state index in [9.17, 15) is 19.5 Å². The Bertz CT molecular complexity index is 1360. The second kappa shape index (κ2) is 51.1. The van der Waals surface area contributed by atoms with Crippen LogP contribution in [0, 0.1) is 0 Å². The average Bonchev–Trinajstić information content (AvgIpc) is 3.31. The van der Waals surface area contributed by atoms with Gasteiger partial charge in [0.05, 0.1) is 34.4 Å². The minimum absolute atomic E-state index is 0.182. The lowest BCUT2D eigenvalue weighted by atomic mass is 10.1. The van der Waals surface area contributed by atoms with Gasteiger partial charge in [0.15, 0.2) is 6.10 Å². The molecule has 0 aliphatic carbocycles. The molecule has 9 nitrogen and oxygen atoms in total. The number of esters is 2. The molecule has 0 aromatic carbocycles. The number of nitrogens with zero attached hydrogens (tertiary/aromatic N) is 1. The molecule has 398 valence electrons. The number of rotatable bonds is 51. The second-order valence-corrected chi connectivity index (χ2v) is 19.9. The van der Waals surface area contributed by atoms with Crippen molar-refractivity contribution in [3.8, 4) is 0 Å². The van der Waals surface area contributed by atoms with Crippen molar-refractivity contribution in [3.05, 3.63) is 72.9 Å². The van der Waals surface area contributed by atoms with Gasteiger partial charge in [-0.15, -0.1) is 0 Å². The molecule has 69 heavy (non-hydrogen) atoms. The van der Waals surface area contributed by atoms with Crippen LogP contribution in [0.5, 0.6) is 0 Å². The minimum atomic E-state index is -1.52. The molecular formula is C60H106NO8+. The van der Waals surface area contributed by atoms with Gasteiger partial charge in [-0.1, -0.05) is 209 Å². The first kappa shape index (κ1) is 65.7. The summed E-state index contributed by atoms with van der Waals surface area (Å²) < 4.78 is 22.9. The summed E-state index contributed by atoms with van der Waals surface area (Å²) in [6.07, 6.45) is 62.5. The number of unbranched alkanes of at least 4 members (excludes halogenated alkanes) is 24. The molecule has 0 aliphatic rings. The molecule has 0 radical (unpaired) electrons. The molecule has 0 amide bonds. The summed E-state index contributed by atoms with van der Waals surface area (Å²) in [5.41, 5.74) is 0. The number of carboxylic acid groups (broad SMARTS) is 1. The van der Waals surface area contributed by atoms with Gasteiger partial charge in [0.2, 0.25) is 0 Å². The van der Waals surface area contributed by atoms with Crippen LogP contribution in [-0.4, -0.2) is 87.4 Å². The smallest absolute Gasteiger partial charge is 0.361 e. The van der Waals surface area contributed by atoms with E-state index in [1.807, 2.05) is 21.1 Å². The van der Waals surface area contributed by atoms with Crippen LogP contribution < -0.4 is 0 Å². The molecule has 0 heterocycles. The monoisotopic (exact) mass is 969 g/mol. The summed E-state index contributed by atoms with van der Waals surface area (Å²) in [6.45, 7) is 4.76. The zero-order valence-corrected chi connectivity index (χ0v) is 45.2. The van der Waals surface area contributed by atoms with E-state index in [1.54, 1.807) is 0 Å². The Morgan fingerprint density at radius 1 is 0.449 bits per heavy atom. The summed E-state index contributed by atoms with van der Waals surface area (Å²) in [4.78, 5) is 37.4. The number of carbonyl (C=O) groups excluding carboxylic acids is 2. The Kier molecular flexibility index (Phi) is 48.7. The van der Waals surface area contributed by atoms with Gasteiger partial charge in [-0.05, 0) is 83.5 Å². The van der Waals surface area contributed by atoms with E-state index in [2.05, 4.69) is 86.8 Å². The maximum absolute atomic E-state index is 12.9. The number of hydrogen-bond donors (Lipinski definition) is 1. The highest BCUT2D eigenvalue weighted by molar-refractivity contribution is 5.71. The second-order valence-electron chi connectivity index (χ2n) is 19.9. The van der Waals surface area contributed by atoms with E-state index < -0.39 is 24.3 Å². The van der Waals surface area contributed by atoms with Gasteiger partial charge in [-0.3, -0.25) is 9.59 Å². The third kappa shape index (κ3) is 52.4. The van der Waals surface area contributed by atoms with Crippen LogP contribution in [0.15, 0.2) is 72.9 Å². The highest BCUT2D eigenvalue weighted by atomic mass is 16.7. The van der Waals surface area contributed by atoms with Crippen LogP contribution in [-0.2, 0) is 33.3 Å². The molecule has 0 aromatic heterocycles. The van der Waals surface area contributed by atoms with Crippen molar-refractivity contribution in [3.63, 3.8) is 0 Å². The predicted octanol–water partition coefficient (Wildman–Crippen LogP) is 16.2. The number of carboxylic acids is 1. The van der Waals surface area contributed by atoms with E-state index >= 15 is 0 Å². The fourth-order valence-corrected chi connectivity index (χ4v) is 7.62. The van der Waals surface area contributed by atoms with E-state index in [-0.39, 0.29) is 32.2 Å². The van der Waals surface area contributed by atoms with Gasteiger partial charge in [0.25, 0.3) is 6.29 Å². The van der Waals surface area contributed by atoms with Crippen molar-refractivity contribution in [1.29, 1.82) is 0 Å². The van der Waals surface area contributed by atoms with Gasteiger partial charge < -0.3 is 28.5 Å². The first-order chi connectivity index (χ1) is 33.6. The molecule has 0 aliphatic heterocycles. The van der Waals surface area contributed by atoms with Gasteiger partial charge in [0.1, 0.15) is 13.2 Å². The first-order valence-electron chi connectivity index (χ1n) is 28.1. The van der Waals surface area contributed by atoms with E-state index in [0.29, 0.717) is 23.9 Å². The number of allylic oxidation sites excluding steroid dienone is 12. The highest BCUT2D eigenvalue weighted by Crippen LogP contribution is 2.15. The van der Waals surface area contributed by atoms with Crippen LogP contribution in [0.3, 0.4) is 0 Å². The van der Waals surface area contributed by atoms with E-state index in [0.717, 1.165) is 77.0 Å². The van der Waals surface area contributed by atoms with Crippen molar-refractivity contribution in [2.45, 2.75) is 245 Å². The topological polar surface area (TPSA) is 108 Å². The number of aliphatic carboxylic acids is 1. The standard InChI is InChI=1S/C60H105NO8/c1-6-8-10-12-14-16-18-20-22-24-26-28-29-31-33-35-37-39-41-43-45-47-49-51-58(63)69-56(55-68-60(59(64)65)66-53-52-61(3,4)5)54-67-57(62)50-48-46-44-42-40-38-36-34-32-30-27-25-23-21-19-17-15-13-11-9-7-2/h8,10,14,16,20,22,25-28,31,33,56,60H,6-7,9,11-13,15,17-19,21,23-24,29-30,32,34-55H2,1-5H3/p+1/b10-8-,16-14-,22-20-,27-25-,28-26-,33-31-. The minimum Gasteiger partial charge on any atom is -0.477 e. The lowest BCUT2D eigenvalue weighted by molar-refractivity contribution is -0.870. The Labute approximate surface area is 424 Å². The van der Waals surface area contributed by atoms with Gasteiger partial charge in [-0.2, -0.15) is 0 Å². The molecule has 0 saturated carbocycles. The quantitative estimate of drug-likeness (QED) is 0.0211. The Morgan fingerprint density at radius 3 is 1.25 bits per heavy atom. The van der Waals surface area contributed by atoms with Crippen molar-refractivity contribution >= 4 is 17.9 Å². The molecule has 0 rings (SSSR count). The van der Waals surface area contributed by atoms with Crippen LogP contribution in [0.2, 0.25) is 0 Å². The van der Waals surface area contributed by atoms with Gasteiger partial charge in [-0.25, -0.2) is 4.79 Å². The van der Waals surface area contributed by atoms with Crippen LogP contribution in [0.25, 0.3) is 0 Å². The Morgan fingerprint density at radius 2 is 0.826 bits per heavy atom. The Balaban J connectivity index is 4.32. The number of carbonyl (C=O) groups is 3. The van der Waals surface area contributed by atoms with Crippen molar-refractivity contribution in [2.75, 3.05) is 47.5 Å². The average molecular weight is 970 g/mol. The molecule has 2 unspecified atom stereocenters. The normalized spacial score (nSPS) is 13.3. The van der Waals surface area contributed by atoms with Gasteiger partial charge in [0, 0.05) is 12.8 Å². The Hall–Kier alpha value is -3.27. The number of hydrogen-bond acceptors (Lipinski definition) is 7. The van der Waals surface area contributed by atoms with Crippen LogP contribution >= 0.6 is 0 Å². The molecule has 9 heteroatoms. The lowest BCUT2D eigenvalue weighted by Gasteiger charge is -2.25. The molecule has 0 fully saturated rings. The molecule has 0 saturated heterocycles. The number of quaternary nitrogens is 1. The third-order valence-corrected chi connectivity index (χ3v) is 11.9. The number of ether oxygens (including phenoxy) is 4. The SMILES string of the molecule is CC/C=C\C/C=C\C/C=C\C/C=C\C/C=C\CCCCCCCCCC(=O)OC(COC(=O)CCCCCCCCCCC/C=C\CCCCCCCCCC)COC(OCC[N+](C)(C)C)C(=O)O. The van der Waals surface area contributed by atoms with Crippen molar-refractivity contribution in [2.24, 2.45) is 0 Å². The lowest BCUT2D eigenvalue weighted by Crippen LogP contribution is -2.40. The maximum Gasteiger partial charge on any atom is 0.361 e. The molecule has 1 N–H and O–H groups in total. The highest BCUT2D eigenvalue weighted by Gasteiger charge is 2.25. The molecule has 0 aromatic rings. The fourth-order valence-electron chi connectivity index (χ4n) is 7.62. The van der Waals surface area contributed by atoms with Gasteiger partial charge >= 0.3 is 17.9 Å². The molecule has 2 atom stereocenters. The summed E-state index contributed by atoms with van der Waals surface area (Å²) in [5.74, 6) is -2.02. The van der Waals surface area contributed by atoms with Crippen molar-refractivity contribution in [1.82, 2.24) is 0 Å². The van der Waals surface area contributed by atoms with E-state index in [1.165, 1.54) is 122 Å². The predicted molar refractivity (Wildman–Crippen MR) is 290 cm³/mol. The third-order valence-electron chi connectivity index (χ3n) is 11.9. The zero-order chi connectivity index (χ0) is 50.6. The largest absolute Gasteiger partial charge is 0.477 e. The summed E-state index contributed by atoms with van der Waals surface area (Å²) in [5, 5.41) is 9.69. The maximum atomic E-state index is 12.9. The number of likely N-dealkylation sites (N-methyl/N-ethyl adjacent to an activating group) is 1. The van der Waals surface area contributed by atoms with Crippen LogP contribution in [0.1, 0.15) is 232 Å². The van der Waals surface area contributed by atoms with Crippen molar-refractivity contribution < 1.29 is 42.9 Å².